The Morgan fingerprint density at radius 1 is 1.00 bits per heavy atom. The van der Waals surface area contributed by atoms with Gasteiger partial charge in [0.1, 0.15) is 13.2 Å². The molecule has 0 aromatic heterocycles. The first-order valence-corrected chi connectivity index (χ1v) is 10.0. The highest BCUT2D eigenvalue weighted by Crippen LogP contribution is 2.36. The number of hydrogen-bond donors (Lipinski definition) is 1. The van der Waals surface area contributed by atoms with Gasteiger partial charge in [0.2, 0.25) is 5.91 Å². The predicted molar refractivity (Wildman–Crippen MR) is 105 cm³/mol. The second-order valence-electron chi connectivity index (χ2n) is 7.48. The van der Waals surface area contributed by atoms with E-state index in [1.54, 1.807) is 0 Å². The molecule has 142 valence electrons. The number of nitrogens with one attached hydrogen (secondary N) is 1. The van der Waals surface area contributed by atoms with Crippen LogP contribution in [0.4, 0.5) is 0 Å². The van der Waals surface area contributed by atoms with E-state index in [2.05, 4.69) is 29.6 Å². The molecule has 4 heteroatoms. The maximum atomic E-state index is 12.7. The molecule has 1 N–H and O–H groups in total. The van der Waals surface area contributed by atoms with E-state index in [-0.39, 0.29) is 11.9 Å². The summed E-state index contributed by atoms with van der Waals surface area (Å²) in [7, 11) is 0. The summed E-state index contributed by atoms with van der Waals surface area (Å²) in [6, 6.07) is 16.5. The summed E-state index contributed by atoms with van der Waals surface area (Å²) in [5.41, 5.74) is 2.32. The highest BCUT2D eigenvalue weighted by atomic mass is 16.6. The number of fused-ring (bicyclic) bond motifs is 1. The van der Waals surface area contributed by atoms with Gasteiger partial charge in [-0.15, -0.1) is 0 Å². The molecule has 4 nitrogen and oxygen atoms in total. The molecule has 0 spiro atoms. The van der Waals surface area contributed by atoms with Gasteiger partial charge in [0, 0.05) is 6.42 Å². The number of amides is 1. The third kappa shape index (κ3) is 4.44. The second-order valence-corrected chi connectivity index (χ2v) is 7.48. The molecule has 0 saturated heterocycles. The number of rotatable bonds is 6. The van der Waals surface area contributed by atoms with E-state index in [0.717, 1.165) is 17.1 Å². The van der Waals surface area contributed by atoms with E-state index in [1.165, 1.54) is 31.2 Å². The van der Waals surface area contributed by atoms with Crippen molar-refractivity contribution in [3.63, 3.8) is 0 Å². The van der Waals surface area contributed by atoms with Crippen molar-refractivity contribution in [1.29, 1.82) is 0 Å². The average molecular weight is 365 g/mol. The van der Waals surface area contributed by atoms with Crippen molar-refractivity contribution in [3.8, 4) is 11.5 Å². The van der Waals surface area contributed by atoms with Crippen molar-refractivity contribution in [3.05, 3.63) is 59.7 Å². The molecule has 0 radical (unpaired) electrons. The fraction of sp³-hybridized carbons (Fsp3) is 0.435. The van der Waals surface area contributed by atoms with Gasteiger partial charge in [-0.1, -0.05) is 49.2 Å². The van der Waals surface area contributed by atoms with Crippen LogP contribution >= 0.6 is 0 Å². The van der Waals surface area contributed by atoms with Crippen LogP contribution in [0.1, 0.15) is 49.3 Å². The van der Waals surface area contributed by atoms with E-state index in [0.29, 0.717) is 32.0 Å². The minimum Gasteiger partial charge on any atom is -0.486 e. The summed E-state index contributed by atoms with van der Waals surface area (Å²) in [6.07, 6.45) is 6.11. The molecule has 1 aliphatic carbocycles. The van der Waals surface area contributed by atoms with Crippen LogP contribution in [0.2, 0.25) is 0 Å². The van der Waals surface area contributed by atoms with Crippen LogP contribution in [0.3, 0.4) is 0 Å². The summed E-state index contributed by atoms with van der Waals surface area (Å²) >= 11 is 0. The molecule has 2 aliphatic rings. The summed E-state index contributed by atoms with van der Waals surface area (Å²) in [5, 5.41) is 3.31. The molecular formula is C23H27NO3. The number of ether oxygens (including phenoxy) is 2. The standard InChI is InChI=1S/C23H27NO3/c25-22(13-11-17-10-12-20-21(16-17)27-15-14-26-20)24-23(19-8-4-5-9-19)18-6-2-1-3-7-18/h1-3,6-7,10,12,16,19,23H,4-5,8-9,11,13-15H2,(H,24,25). The summed E-state index contributed by atoms with van der Waals surface area (Å²) in [6.45, 7) is 1.17. The molecule has 0 bridgehead atoms. The van der Waals surface area contributed by atoms with Crippen molar-refractivity contribution >= 4 is 5.91 Å². The summed E-state index contributed by atoms with van der Waals surface area (Å²) in [5.74, 6) is 2.24. The maximum Gasteiger partial charge on any atom is 0.220 e. The van der Waals surface area contributed by atoms with Crippen LogP contribution in [0, 0.1) is 5.92 Å². The molecule has 1 amide bonds. The number of benzene rings is 2. The number of aryl methyl sites for hydroxylation is 1. The number of carbonyl (C=O) groups excluding carboxylic acids is 1. The van der Waals surface area contributed by atoms with Crippen molar-refractivity contribution in [2.24, 2.45) is 5.92 Å². The Morgan fingerprint density at radius 3 is 2.52 bits per heavy atom. The van der Waals surface area contributed by atoms with Crippen LogP contribution in [0.15, 0.2) is 48.5 Å². The molecule has 1 unspecified atom stereocenters. The molecule has 4 rings (SSSR count). The quantitative estimate of drug-likeness (QED) is 0.823. The van der Waals surface area contributed by atoms with E-state index in [1.807, 2.05) is 24.3 Å². The third-order valence-corrected chi connectivity index (χ3v) is 5.59. The van der Waals surface area contributed by atoms with Gasteiger partial charge >= 0.3 is 0 Å². The summed E-state index contributed by atoms with van der Waals surface area (Å²) in [4.78, 5) is 12.7. The fourth-order valence-corrected chi connectivity index (χ4v) is 4.17. The highest BCUT2D eigenvalue weighted by molar-refractivity contribution is 5.76. The van der Waals surface area contributed by atoms with Crippen molar-refractivity contribution in [1.82, 2.24) is 5.32 Å². The zero-order chi connectivity index (χ0) is 18.5. The molecule has 1 atom stereocenters. The minimum absolute atomic E-state index is 0.116. The van der Waals surface area contributed by atoms with Gasteiger partial charge in [-0.05, 0) is 48.4 Å². The molecule has 2 aromatic carbocycles. The van der Waals surface area contributed by atoms with Crippen molar-refractivity contribution in [2.45, 2.75) is 44.6 Å². The lowest BCUT2D eigenvalue weighted by Gasteiger charge is -2.25. The van der Waals surface area contributed by atoms with Crippen molar-refractivity contribution < 1.29 is 14.3 Å². The SMILES string of the molecule is O=C(CCc1ccc2c(c1)OCCO2)NC(c1ccccc1)C1CCCC1. The Kier molecular flexibility index (Phi) is 5.61. The van der Waals surface area contributed by atoms with E-state index in [4.69, 9.17) is 9.47 Å². The molecule has 27 heavy (non-hydrogen) atoms. The van der Waals surface area contributed by atoms with Gasteiger partial charge in [0.15, 0.2) is 11.5 Å². The third-order valence-electron chi connectivity index (χ3n) is 5.59. The Balaban J connectivity index is 1.38. The highest BCUT2D eigenvalue weighted by Gasteiger charge is 2.27. The topological polar surface area (TPSA) is 47.6 Å². The second kappa shape index (κ2) is 8.47. The zero-order valence-electron chi connectivity index (χ0n) is 15.7. The van der Waals surface area contributed by atoms with Crippen LogP contribution in [-0.4, -0.2) is 19.1 Å². The first-order valence-electron chi connectivity index (χ1n) is 10.0. The summed E-state index contributed by atoms with van der Waals surface area (Å²) < 4.78 is 11.2. The number of carbonyl (C=O) groups is 1. The van der Waals surface area contributed by atoms with Gasteiger partial charge < -0.3 is 14.8 Å². The van der Waals surface area contributed by atoms with Gasteiger partial charge in [-0.3, -0.25) is 4.79 Å². The Morgan fingerprint density at radius 2 is 1.74 bits per heavy atom. The lowest BCUT2D eigenvalue weighted by atomic mass is 9.91. The molecule has 1 aliphatic heterocycles. The molecule has 1 heterocycles. The smallest absolute Gasteiger partial charge is 0.220 e. The normalized spacial score (nSPS) is 17.5. The predicted octanol–water partition coefficient (Wildman–Crippen LogP) is 4.44. The van der Waals surface area contributed by atoms with Gasteiger partial charge in [-0.25, -0.2) is 0 Å². The average Bonchev–Trinajstić information content (AvgIpc) is 3.25. The van der Waals surface area contributed by atoms with Gasteiger partial charge in [0.05, 0.1) is 6.04 Å². The van der Waals surface area contributed by atoms with Crippen LogP contribution < -0.4 is 14.8 Å². The molecule has 1 saturated carbocycles. The Hall–Kier alpha value is -2.49. The van der Waals surface area contributed by atoms with Crippen LogP contribution in [0.5, 0.6) is 11.5 Å². The fourth-order valence-electron chi connectivity index (χ4n) is 4.17. The number of hydrogen-bond acceptors (Lipinski definition) is 3. The van der Waals surface area contributed by atoms with Crippen LogP contribution in [-0.2, 0) is 11.2 Å². The van der Waals surface area contributed by atoms with Gasteiger partial charge in [0.25, 0.3) is 0 Å². The van der Waals surface area contributed by atoms with Crippen molar-refractivity contribution in [2.75, 3.05) is 13.2 Å². The Bertz CT molecular complexity index is 768. The first-order chi connectivity index (χ1) is 13.3. The zero-order valence-corrected chi connectivity index (χ0v) is 15.7. The molecular weight excluding hydrogens is 338 g/mol. The Labute approximate surface area is 160 Å². The van der Waals surface area contributed by atoms with E-state index < -0.39 is 0 Å². The van der Waals surface area contributed by atoms with Crippen LogP contribution in [0.25, 0.3) is 0 Å². The first kappa shape index (κ1) is 17.9. The lowest BCUT2D eigenvalue weighted by Crippen LogP contribution is -2.32. The largest absolute Gasteiger partial charge is 0.486 e. The minimum atomic E-state index is 0.116. The van der Waals surface area contributed by atoms with E-state index in [9.17, 15) is 4.79 Å². The lowest BCUT2D eigenvalue weighted by molar-refractivity contribution is -0.122. The van der Waals surface area contributed by atoms with E-state index >= 15 is 0 Å². The van der Waals surface area contributed by atoms with Gasteiger partial charge in [-0.2, -0.15) is 0 Å². The molecule has 1 fully saturated rings. The maximum absolute atomic E-state index is 12.7. The molecule has 2 aromatic rings. The monoisotopic (exact) mass is 365 g/mol.